The summed E-state index contributed by atoms with van der Waals surface area (Å²) in [5.41, 5.74) is 1.12. The van der Waals surface area contributed by atoms with Gasteiger partial charge in [0.2, 0.25) is 0 Å². The Labute approximate surface area is 129 Å². The van der Waals surface area contributed by atoms with Gasteiger partial charge in [-0.3, -0.25) is 4.98 Å². The fourth-order valence-corrected chi connectivity index (χ4v) is 2.91. The topological polar surface area (TPSA) is 79.3 Å². The first kappa shape index (κ1) is 14.6. The second-order valence-electron chi connectivity index (χ2n) is 6.03. The van der Waals surface area contributed by atoms with Crippen molar-refractivity contribution in [3.8, 4) is 11.8 Å². The summed E-state index contributed by atoms with van der Waals surface area (Å²) in [7, 11) is 0. The number of aromatic hydroxyl groups is 1. The molecule has 0 bridgehead atoms. The molecule has 0 saturated heterocycles. The van der Waals surface area contributed by atoms with Gasteiger partial charge in [0.25, 0.3) is 0 Å². The average molecular weight is 298 g/mol. The van der Waals surface area contributed by atoms with E-state index in [0.29, 0.717) is 17.0 Å². The van der Waals surface area contributed by atoms with Crippen molar-refractivity contribution >= 4 is 0 Å². The fourth-order valence-electron chi connectivity index (χ4n) is 2.91. The number of rotatable bonds is 3. The molecule has 0 fully saturated rings. The molecule has 0 aliphatic carbocycles. The quantitative estimate of drug-likeness (QED) is 0.939. The van der Waals surface area contributed by atoms with Crippen molar-refractivity contribution in [3.63, 3.8) is 0 Å². The molecule has 3 rings (SSSR count). The maximum Gasteiger partial charge on any atom is 0.150 e. The number of furan rings is 1. The lowest BCUT2D eigenvalue weighted by Gasteiger charge is -2.22. The Balaban J connectivity index is 2.11. The van der Waals surface area contributed by atoms with Crippen LogP contribution >= 0.6 is 0 Å². The van der Waals surface area contributed by atoms with Crippen LogP contribution in [0, 0.1) is 17.2 Å². The highest BCUT2D eigenvalue weighted by Crippen LogP contribution is 2.46. The first-order valence-electron chi connectivity index (χ1n) is 7.27. The second-order valence-corrected chi connectivity index (χ2v) is 6.03. The Bertz CT molecular complexity index is 731. The molecule has 2 atom stereocenters. The van der Waals surface area contributed by atoms with Crippen molar-refractivity contribution in [3.05, 3.63) is 47.2 Å². The van der Waals surface area contributed by atoms with Crippen LogP contribution in [0.15, 0.2) is 29.0 Å². The van der Waals surface area contributed by atoms with Crippen molar-refractivity contribution in [2.75, 3.05) is 0 Å². The van der Waals surface area contributed by atoms with E-state index in [2.05, 4.69) is 11.1 Å². The van der Waals surface area contributed by atoms with Gasteiger partial charge >= 0.3 is 0 Å². The number of hydrogen-bond acceptors (Lipinski definition) is 5. The van der Waals surface area contributed by atoms with E-state index in [9.17, 15) is 10.4 Å². The Hall–Kier alpha value is -2.32. The van der Waals surface area contributed by atoms with Gasteiger partial charge in [-0.25, -0.2) is 0 Å². The predicted octanol–water partition coefficient (Wildman–Crippen LogP) is 3.44. The summed E-state index contributed by atoms with van der Waals surface area (Å²) in [5, 5.41) is 19.9. The first-order valence-corrected chi connectivity index (χ1v) is 7.27. The van der Waals surface area contributed by atoms with E-state index < -0.39 is 11.5 Å². The van der Waals surface area contributed by atoms with E-state index in [1.54, 1.807) is 18.5 Å². The molecule has 0 radical (unpaired) electrons. The zero-order chi connectivity index (χ0) is 15.9. The van der Waals surface area contributed by atoms with E-state index >= 15 is 0 Å². The second kappa shape index (κ2) is 5.15. The number of ether oxygens (including phenoxy) is 1. The van der Waals surface area contributed by atoms with Crippen molar-refractivity contribution < 1.29 is 14.3 Å². The highest BCUT2D eigenvalue weighted by Gasteiger charge is 2.42. The summed E-state index contributed by atoms with van der Waals surface area (Å²) < 4.78 is 11.4. The van der Waals surface area contributed by atoms with Crippen molar-refractivity contribution in [2.45, 2.75) is 38.9 Å². The van der Waals surface area contributed by atoms with Crippen LogP contribution in [0.1, 0.15) is 49.3 Å². The monoisotopic (exact) mass is 298 g/mol. The van der Waals surface area contributed by atoms with E-state index in [4.69, 9.17) is 9.15 Å². The smallest absolute Gasteiger partial charge is 0.150 e. The molecule has 0 saturated carbocycles. The van der Waals surface area contributed by atoms with E-state index in [0.717, 1.165) is 5.56 Å². The summed E-state index contributed by atoms with van der Waals surface area (Å²) in [5.74, 6) is 0.356. The van der Waals surface area contributed by atoms with Gasteiger partial charge in [0, 0.05) is 17.3 Å². The van der Waals surface area contributed by atoms with Gasteiger partial charge in [-0.1, -0.05) is 13.8 Å². The number of aromatic nitrogens is 1. The Kier molecular flexibility index (Phi) is 3.42. The molecule has 0 aromatic carbocycles. The number of nitriles is 1. The Morgan fingerprint density at radius 1 is 1.45 bits per heavy atom. The van der Waals surface area contributed by atoms with Gasteiger partial charge in [0.1, 0.15) is 11.5 Å². The molecule has 0 amide bonds. The molecule has 2 aromatic heterocycles. The highest BCUT2D eigenvalue weighted by molar-refractivity contribution is 5.50. The van der Waals surface area contributed by atoms with E-state index in [1.807, 2.05) is 26.8 Å². The predicted molar refractivity (Wildman–Crippen MR) is 79.0 cm³/mol. The van der Waals surface area contributed by atoms with E-state index in [-0.39, 0.29) is 18.3 Å². The minimum atomic E-state index is -0.762. The minimum absolute atomic E-state index is 0.0630. The average Bonchev–Trinajstić information content (AvgIpc) is 3.11. The molecule has 5 nitrogen and oxygen atoms in total. The summed E-state index contributed by atoms with van der Waals surface area (Å²) in [6.45, 7) is 6.03. The fraction of sp³-hybridized carbons (Fsp3) is 0.412. The molecule has 114 valence electrons. The van der Waals surface area contributed by atoms with Crippen LogP contribution in [-0.4, -0.2) is 10.1 Å². The summed E-state index contributed by atoms with van der Waals surface area (Å²) in [6.07, 6.45) is 3.28. The molecule has 1 aliphatic heterocycles. The van der Waals surface area contributed by atoms with Gasteiger partial charge in [0.05, 0.1) is 30.6 Å². The first-order chi connectivity index (χ1) is 10.5. The lowest BCUT2D eigenvalue weighted by Crippen LogP contribution is -2.22. The van der Waals surface area contributed by atoms with Crippen LogP contribution < -0.4 is 0 Å². The minimum Gasteiger partial charge on any atom is -0.506 e. The van der Waals surface area contributed by atoms with Crippen LogP contribution in [0.25, 0.3) is 0 Å². The molecular weight excluding hydrogens is 280 g/mol. The van der Waals surface area contributed by atoms with E-state index in [1.165, 1.54) is 0 Å². The summed E-state index contributed by atoms with van der Waals surface area (Å²) in [6, 6.07) is 5.86. The molecular formula is C17H18N2O3. The Morgan fingerprint density at radius 2 is 2.23 bits per heavy atom. The van der Waals surface area contributed by atoms with Crippen molar-refractivity contribution in [1.29, 1.82) is 5.26 Å². The number of pyridine rings is 1. The third-order valence-corrected chi connectivity index (χ3v) is 4.30. The summed E-state index contributed by atoms with van der Waals surface area (Å²) >= 11 is 0. The highest BCUT2D eigenvalue weighted by atomic mass is 16.5. The zero-order valence-corrected chi connectivity index (χ0v) is 12.8. The van der Waals surface area contributed by atoms with Gasteiger partial charge in [-0.05, 0) is 25.0 Å². The number of fused-ring (bicyclic) bond motifs is 1. The third-order valence-electron chi connectivity index (χ3n) is 4.30. The van der Waals surface area contributed by atoms with Crippen LogP contribution in [0.5, 0.6) is 5.75 Å². The maximum atomic E-state index is 10.6. The summed E-state index contributed by atoms with van der Waals surface area (Å²) in [4.78, 5) is 4.35. The molecule has 1 aliphatic rings. The molecule has 2 aromatic rings. The lowest BCUT2D eigenvalue weighted by atomic mass is 9.88. The molecule has 3 heterocycles. The standard InChI is InChI=1S/C17H18N2O3/c1-10(2)11(7-18)15-16(20)12-9-22-17(3,13(12)8-19-15)14-5-4-6-21-14/h4-6,8,10-11,20H,9H2,1-3H3. The van der Waals surface area contributed by atoms with Gasteiger partial charge in [-0.15, -0.1) is 0 Å². The lowest BCUT2D eigenvalue weighted by molar-refractivity contribution is -0.00622. The largest absolute Gasteiger partial charge is 0.506 e. The van der Waals surface area contributed by atoms with Gasteiger partial charge in [0.15, 0.2) is 5.60 Å². The maximum absolute atomic E-state index is 10.6. The molecule has 0 spiro atoms. The van der Waals surface area contributed by atoms with Gasteiger partial charge in [-0.2, -0.15) is 5.26 Å². The van der Waals surface area contributed by atoms with Crippen LogP contribution in [-0.2, 0) is 16.9 Å². The van der Waals surface area contributed by atoms with Gasteiger partial charge < -0.3 is 14.3 Å². The van der Waals surface area contributed by atoms with Crippen molar-refractivity contribution in [2.24, 2.45) is 5.92 Å². The van der Waals surface area contributed by atoms with Crippen LogP contribution in [0.4, 0.5) is 0 Å². The van der Waals surface area contributed by atoms with Crippen LogP contribution in [0.3, 0.4) is 0 Å². The molecule has 2 unspecified atom stereocenters. The molecule has 5 heteroatoms. The zero-order valence-electron chi connectivity index (χ0n) is 12.8. The number of nitrogens with zero attached hydrogens (tertiary/aromatic N) is 2. The van der Waals surface area contributed by atoms with Crippen LogP contribution in [0.2, 0.25) is 0 Å². The third kappa shape index (κ3) is 1.99. The normalized spacial score (nSPS) is 21.6. The van der Waals surface area contributed by atoms with Crippen molar-refractivity contribution in [1.82, 2.24) is 4.98 Å². The molecule has 22 heavy (non-hydrogen) atoms. The molecule has 1 N–H and O–H groups in total. The number of hydrogen-bond donors (Lipinski definition) is 1. The Morgan fingerprint density at radius 3 is 2.82 bits per heavy atom. The SMILES string of the molecule is CC(C)C(C#N)c1ncc2c(c1O)COC2(C)c1ccco1.